The van der Waals surface area contributed by atoms with Crippen LogP contribution < -0.4 is 10.2 Å². The molecular weight excluding hydrogens is 320 g/mol. The lowest BCUT2D eigenvalue weighted by molar-refractivity contribution is 0.460. The van der Waals surface area contributed by atoms with Crippen molar-refractivity contribution in [1.82, 2.24) is 9.97 Å². The highest BCUT2D eigenvalue weighted by Gasteiger charge is 2.42. The Morgan fingerprint density at radius 1 is 1.08 bits per heavy atom. The van der Waals surface area contributed by atoms with E-state index in [1.165, 1.54) is 44.1 Å². The van der Waals surface area contributed by atoms with Crippen molar-refractivity contribution in [3.8, 4) is 0 Å². The van der Waals surface area contributed by atoms with Crippen molar-refractivity contribution in [3.05, 3.63) is 47.2 Å². The molecule has 1 saturated carbocycles. The zero-order chi connectivity index (χ0) is 17.5. The number of rotatable bonds is 4. The fourth-order valence-corrected chi connectivity index (χ4v) is 5.10. The fourth-order valence-electron chi connectivity index (χ4n) is 5.10. The van der Waals surface area contributed by atoms with Crippen molar-refractivity contribution >= 4 is 11.8 Å². The first-order valence-electron chi connectivity index (χ1n) is 10.3. The summed E-state index contributed by atoms with van der Waals surface area (Å²) in [6.45, 7) is 3.27. The van der Waals surface area contributed by atoms with E-state index in [0.717, 1.165) is 30.4 Å². The Morgan fingerprint density at radius 3 is 2.69 bits per heavy atom. The van der Waals surface area contributed by atoms with Crippen molar-refractivity contribution in [3.63, 3.8) is 0 Å². The van der Waals surface area contributed by atoms with Gasteiger partial charge in [0.05, 0.1) is 6.04 Å². The van der Waals surface area contributed by atoms with Gasteiger partial charge in [-0.1, -0.05) is 50.5 Å². The van der Waals surface area contributed by atoms with Crippen LogP contribution in [0.5, 0.6) is 0 Å². The van der Waals surface area contributed by atoms with Gasteiger partial charge < -0.3 is 10.2 Å². The molecule has 2 heterocycles. The van der Waals surface area contributed by atoms with Gasteiger partial charge in [0.2, 0.25) is 5.95 Å². The van der Waals surface area contributed by atoms with Crippen LogP contribution in [-0.4, -0.2) is 22.6 Å². The van der Waals surface area contributed by atoms with Crippen LogP contribution in [0.25, 0.3) is 0 Å². The van der Waals surface area contributed by atoms with Gasteiger partial charge >= 0.3 is 0 Å². The maximum atomic E-state index is 4.95. The highest BCUT2D eigenvalue weighted by Crippen LogP contribution is 2.51. The minimum Gasteiger partial charge on any atom is -0.351 e. The number of benzene rings is 1. The minimum absolute atomic E-state index is 0.485. The van der Waals surface area contributed by atoms with Crippen LogP contribution in [0.1, 0.15) is 74.2 Å². The van der Waals surface area contributed by atoms with E-state index >= 15 is 0 Å². The van der Waals surface area contributed by atoms with Crippen LogP contribution in [0.3, 0.4) is 0 Å². The van der Waals surface area contributed by atoms with Gasteiger partial charge in [-0.25, -0.2) is 4.98 Å². The summed E-state index contributed by atoms with van der Waals surface area (Å²) < 4.78 is 0. The average molecular weight is 348 g/mol. The Balaban J connectivity index is 1.43. The standard InChI is InChI=1S/C22H28N4/c1-2-16-13-21(25-22(23-16)24-17-8-4-3-5-9-17)26-14-15-12-20(26)19-11-7-6-10-18(15)19/h6-7,10-11,13,15,17,20H,2-5,8-9,12,14H2,1H3,(H,23,24,25)/t15-,20+/m1/s1. The molecule has 1 saturated heterocycles. The number of aromatic nitrogens is 2. The predicted molar refractivity (Wildman–Crippen MR) is 106 cm³/mol. The van der Waals surface area contributed by atoms with E-state index in [0.29, 0.717) is 18.0 Å². The molecule has 2 atom stereocenters. The second-order valence-corrected chi connectivity index (χ2v) is 8.10. The van der Waals surface area contributed by atoms with Crippen molar-refractivity contribution < 1.29 is 0 Å². The molecule has 2 bridgehead atoms. The van der Waals surface area contributed by atoms with Crippen LogP contribution in [0, 0.1) is 0 Å². The third kappa shape index (κ3) is 2.76. The van der Waals surface area contributed by atoms with Gasteiger partial charge in [0.25, 0.3) is 0 Å². The molecule has 2 aromatic rings. The monoisotopic (exact) mass is 348 g/mol. The first-order chi connectivity index (χ1) is 12.8. The summed E-state index contributed by atoms with van der Waals surface area (Å²) in [5.74, 6) is 2.60. The molecule has 0 unspecified atom stereocenters. The molecule has 0 spiro atoms. The van der Waals surface area contributed by atoms with E-state index < -0.39 is 0 Å². The molecule has 2 aliphatic carbocycles. The molecule has 2 fully saturated rings. The van der Waals surface area contributed by atoms with Crippen molar-refractivity contribution in [2.45, 2.75) is 69.9 Å². The molecular formula is C22H28N4. The number of aryl methyl sites for hydroxylation is 1. The average Bonchev–Trinajstić information content (AvgIpc) is 3.28. The number of hydrogen-bond donors (Lipinski definition) is 1. The van der Waals surface area contributed by atoms with Gasteiger partial charge in [-0.3, -0.25) is 0 Å². The van der Waals surface area contributed by atoms with Crippen LogP contribution in [0.4, 0.5) is 11.8 Å². The molecule has 136 valence electrons. The summed E-state index contributed by atoms with van der Waals surface area (Å²) >= 11 is 0. The highest BCUT2D eigenvalue weighted by molar-refractivity contribution is 5.55. The van der Waals surface area contributed by atoms with Crippen LogP contribution in [-0.2, 0) is 6.42 Å². The fraction of sp³-hybridized carbons (Fsp3) is 0.545. The topological polar surface area (TPSA) is 41.1 Å². The van der Waals surface area contributed by atoms with Gasteiger partial charge in [0, 0.05) is 30.3 Å². The number of nitrogens with one attached hydrogen (secondary N) is 1. The Kier molecular flexibility index (Phi) is 4.07. The number of hydrogen-bond acceptors (Lipinski definition) is 4. The molecule has 1 aliphatic heterocycles. The van der Waals surface area contributed by atoms with E-state index in [9.17, 15) is 0 Å². The molecule has 3 aliphatic rings. The molecule has 26 heavy (non-hydrogen) atoms. The van der Waals surface area contributed by atoms with E-state index in [-0.39, 0.29) is 0 Å². The minimum atomic E-state index is 0.485. The Labute approximate surface area is 156 Å². The lowest BCUT2D eigenvalue weighted by Crippen LogP contribution is -2.29. The van der Waals surface area contributed by atoms with Crippen LogP contribution in [0.15, 0.2) is 30.3 Å². The molecule has 4 heteroatoms. The second-order valence-electron chi connectivity index (χ2n) is 8.10. The smallest absolute Gasteiger partial charge is 0.225 e. The zero-order valence-corrected chi connectivity index (χ0v) is 15.6. The van der Waals surface area contributed by atoms with Gasteiger partial charge in [-0.15, -0.1) is 0 Å². The first kappa shape index (κ1) is 16.1. The second kappa shape index (κ2) is 6.57. The summed E-state index contributed by atoms with van der Waals surface area (Å²) in [5, 5.41) is 3.63. The maximum Gasteiger partial charge on any atom is 0.225 e. The zero-order valence-electron chi connectivity index (χ0n) is 15.6. The van der Waals surface area contributed by atoms with E-state index in [1.807, 2.05) is 0 Å². The summed E-state index contributed by atoms with van der Waals surface area (Å²) in [7, 11) is 0. The first-order valence-corrected chi connectivity index (χ1v) is 10.3. The molecule has 1 aromatic heterocycles. The predicted octanol–water partition coefficient (Wildman–Crippen LogP) is 4.83. The Morgan fingerprint density at radius 2 is 1.88 bits per heavy atom. The number of nitrogens with zero attached hydrogens (tertiary/aromatic N) is 3. The van der Waals surface area contributed by atoms with Crippen molar-refractivity contribution in [2.75, 3.05) is 16.8 Å². The largest absolute Gasteiger partial charge is 0.351 e. The Bertz CT molecular complexity index is 796. The Hall–Kier alpha value is -2.10. The van der Waals surface area contributed by atoms with Gasteiger partial charge in [0.1, 0.15) is 5.82 Å². The molecule has 4 nitrogen and oxygen atoms in total. The van der Waals surface area contributed by atoms with E-state index in [4.69, 9.17) is 9.97 Å². The summed E-state index contributed by atoms with van der Waals surface area (Å²) in [6, 6.07) is 12.2. The molecule has 1 aromatic carbocycles. The van der Waals surface area contributed by atoms with E-state index in [2.05, 4.69) is 47.5 Å². The normalized spacial score (nSPS) is 24.7. The van der Waals surface area contributed by atoms with Gasteiger partial charge in [0.15, 0.2) is 0 Å². The lowest BCUT2D eigenvalue weighted by Gasteiger charge is -2.31. The van der Waals surface area contributed by atoms with Gasteiger partial charge in [-0.2, -0.15) is 4.98 Å². The molecule has 5 rings (SSSR count). The number of anilines is 2. The summed E-state index contributed by atoms with van der Waals surface area (Å²) in [5.41, 5.74) is 4.20. The maximum absolute atomic E-state index is 4.95. The third-order valence-corrected chi connectivity index (χ3v) is 6.46. The summed E-state index contributed by atoms with van der Waals surface area (Å²) in [4.78, 5) is 12.2. The van der Waals surface area contributed by atoms with Crippen LogP contribution in [0.2, 0.25) is 0 Å². The molecule has 1 N–H and O–H groups in total. The number of fused-ring (bicyclic) bond motifs is 5. The van der Waals surface area contributed by atoms with E-state index in [1.54, 1.807) is 5.56 Å². The van der Waals surface area contributed by atoms with Crippen molar-refractivity contribution in [1.29, 1.82) is 0 Å². The third-order valence-electron chi connectivity index (χ3n) is 6.46. The SMILES string of the molecule is CCc1cc(N2C[C@H]3C[C@H]2c2ccccc23)nc(NC2CCCCC2)n1. The highest BCUT2D eigenvalue weighted by atomic mass is 15.3. The summed E-state index contributed by atoms with van der Waals surface area (Å²) in [6.07, 6.45) is 8.70. The van der Waals surface area contributed by atoms with Gasteiger partial charge in [-0.05, 0) is 36.8 Å². The molecule has 0 amide bonds. The van der Waals surface area contributed by atoms with Crippen LogP contribution >= 0.6 is 0 Å². The molecule has 0 radical (unpaired) electrons. The van der Waals surface area contributed by atoms with Crippen molar-refractivity contribution in [2.24, 2.45) is 0 Å². The lowest BCUT2D eigenvalue weighted by atomic mass is 9.96. The quantitative estimate of drug-likeness (QED) is 0.859.